The molecule has 0 spiro atoms. The Morgan fingerprint density at radius 3 is 3.00 bits per heavy atom. The molecule has 1 N–H and O–H groups in total. The molecular weight excluding hydrogens is 295 g/mol. The van der Waals surface area contributed by atoms with Crippen LogP contribution in [-0.2, 0) is 6.42 Å². The zero-order valence-electron chi connectivity index (χ0n) is 10.8. The lowest BCUT2D eigenvalue weighted by atomic mass is 9.74. The van der Waals surface area contributed by atoms with Crippen molar-refractivity contribution in [1.29, 1.82) is 0 Å². The molecule has 1 aliphatic carbocycles. The van der Waals surface area contributed by atoms with Crippen LogP contribution in [0.5, 0.6) is 0 Å². The van der Waals surface area contributed by atoms with Gasteiger partial charge in [0.2, 0.25) is 0 Å². The minimum Gasteiger partial charge on any atom is -0.390 e. The van der Waals surface area contributed by atoms with Crippen LogP contribution in [0.15, 0.2) is 22.7 Å². The highest BCUT2D eigenvalue weighted by Gasteiger charge is 2.34. The number of benzene rings is 1. The maximum absolute atomic E-state index is 13.7. The molecule has 1 saturated carbocycles. The Kier molecular flexibility index (Phi) is 4.44. The fourth-order valence-corrected chi connectivity index (χ4v) is 3.41. The van der Waals surface area contributed by atoms with Gasteiger partial charge in [0.25, 0.3) is 0 Å². The molecule has 1 aliphatic rings. The van der Waals surface area contributed by atoms with Crippen LogP contribution >= 0.6 is 15.9 Å². The highest BCUT2D eigenvalue weighted by atomic mass is 79.9. The number of aliphatic hydroxyl groups is 1. The summed E-state index contributed by atoms with van der Waals surface area (Å²) in [5.41, 5.74) is -0.107. The van der Waals surface area contributed by atoms with Gasteiger partial charge in [-0.15, -0.1) is 0 Å². The lowest BCUT2D eigenvalue weighted by Crippen LogP contribution is -2.37. The van der Waals surface area contributed by atoms with Gasteiger partial charge in [-0.25, -0.2) is 4.39 Å². The SMILES string of the molecule is CCC1CCCC(O)(Cc2cc(Br)ccc2F)C1. The Balaban J connectivity index is 2.14. The number of hydrogen-bond acceptors (Lipinski definition) is 1. The van der Waals surface area contributed by atoms with Crippen LogP contribution in [0.2, 0.25) is 0 Å². The molecule has 1 nitrogen and oxygen atoms in total. The average molecular weight is 315 g/mol. The van der Waals surface area contributed by atoms with Crippen LogP contribution in [0, 0.1) is 11.7 Å². The van der Waals surface area contributed by atoms with Crippen molar-refractivity contribution in [2.24, 2.45) is 5.92 Å². The molecule has 1 aromatic rings. The quantitative estimate of drug-likeness (QED) is 0.873. The van der Waals surface area contributed by atoms with Crippen LogP contribution in [-0.4, -0.2) is 10.7 Å². The number of rotatable bonds is 3. The summed E-state index contributed by atoms with van der Waals surface area (Å²) in [6.07, 6.45) is 5.35. The lowest BCUT2D eigenvalue weighted by molar-refractivity contribution is -0.0168. The van der Waals surface area contributed by atoms with Crippen molar-refractivity contribution in [1.82, 2.24) is 0 Å². The van der Waals surface area contributed by atoms with E-state index in [2.05, 4.69) is 22.9 Å². The molecule has 2 rings (SSSR count). The molecule has 0 bridgehead atoms. The summed E-state index contributed by atoms with van der Waals surface area (Å²) in [6, 6.07) is 4.93. The standard InChI is InChI=1S/C15H20BrFO/c1-2-11-4-3-7-15(18,9-11)10-12-8-13(16)5-6-14(12)17/h5-6,8,11,18H,2-4,7,9-10H2,1H3. The van der Waals surface area contributed by atoms with E-state index >= 15 is 0 Å². The number of hydrogen-bond donors (Lipinski definition) is 1. The third-order valence-corrected chi connectivity index (χ3v) is 4.52. The van der Waals surface area contributed by atoms with Crippen molar-refractivity contribution in [3.8, 4) is 0 Å². The molecule has 2 unspecified atom stereocenters. The van der Waals surface area contributed by atoms with Crippen molar-refractivity contribution in [3.63, 3.8) is 0 Å². The number of halogens is 2. The molecule has 1 aromatic carbocycles. The molecule has 1 fully saturated rings. The largest absolute Gasteiger partial charge is 0.390 e. The molecule has 0 saturated heterocycles. The van der Waals surface area contributed by atoms with Crippen LogP contribution < -0.4 is 0 Å². The normalized spacial score (nSPS) is 28.3. The van der Waals surface area contributed by atoms with Gasteiger partial charge in [0.1, 0.15) is 5.82 Å². The first-order valence-corrected chi connectivity index (χ1v) is 7.48. The maximum Gasteiger partial charge on any atom is 0.126 e. The second kappa shape index (κ2) is 5.70. The molecule has 0 amide bonds. The second-order valence-electron chi connectivity index (χ2n) is 5.51. The van der Waals surface area contributed by atoms with E-state index in [4.69, 9.17) is 0 Å². The van der Waals surface area contributed by atoms with Crippen molar-refractivity contribution in [2.45, 2.75) is 51.0 Å². The molecule has 0 aliphatic heterocycles. The highest BCUT2D eigenvalue weighted by molar-refractivity contribution is 9.10. The van der Waals surface area contributed by atoms with Crippen LogP contribution in [0.3, 0.4) is 0 Å². The minimum atomic E-state index is -0.722. The zero-order valence-corrected chi connectivity index (χ0v) is 12.3. The first-order valence-electron chi connectivity index (χ1n) is 6.69. The molecule has 18 heavy (non-hydrogen) atoms. The average Bonchev–Trinajstić information content (AvgIpc) is 2.33. The van der Waals surface area contributed by atoms with E-state index in [1.165, 1.54) is 12.5 Å². The summed E-state index contributed by atoms with van der Waals surface area (Å²) in [7, 11) is 0. The van der Waals surface area contributed by atoms with Crippen LogP contribution in [0.25, 0.3) is 0 Å². The monoisotopic (exact) mass is 314 g/mol. The third kappa shape index (κ3) is 3.33. The molecule has 0 aromatic heterocycles. The molecule has 0 heterocycles. The zero-order chi connectivity index (χ0) is 13.2. The third-order valence-electron chi connectivity index (χ3n) is 4.03. The first-order chi connectivity index (χ1) is 8.52. The topological polar surface area (TPSA) is 20.2 Å². The van der Waals surface area contributed by atoms with E-state index in [1.807, 2.05) is 0 Å². The van der Waals surface area contributed by atoms with Crippen molar-refractivity contribution >= 4 is 15.9 Å². The van der Waals surface area contributed by atoms with Gasteiger partial charge < -0.3 is 5.11 Å². The van der Waals surface area contributed by atoms with Gasteiger partial charge in [-0.2, -0.15) is 0 Å². The van der Waals surface area contributed by atoms with E-state index < -0.39 is 5.60 Å². The Bertz CT molecular complexity index is 421. The predicted molar refractivity (Wildman–Crippen MR) is 75.0 cm³/mol. The van der Waals surface area contributed by atoms with E-state index in [0.717, 1.165) is 30.2 Å². The molecule has 0 radical (unpaired) electrons. The Morgan fingerprint density at radius 1 is 1.50 bits per heavy atom. The predicted octanol–water partition coefficient (Wildman–Crippen LogP) is 4.46. The Morgan fingerprint density at radius 2 is 2.28 bits per heavy atom. The van der Waals surface area contributed by atoms with E-state index in [1.54, 1.807) is 12.1 Å². The Hall–Kier alpha value is -0.410. The first kappa shape index (κ1) is 14.0. The van der Waals surface area contributed by atoms with Gasteiger partial charge in [0.15, 0.2) is 0 Å². The van der Waals surface area contributed by atoms with E-state index in [-0.39, 0.29) is 5.82 Å². The summed E-state index contributed by atoms with van der Waals surface area (Å²) in [6.45, 7) is 2.16. The Labute approximate surface area is 117 Å². The van der Waals surface area contributed by atoms with Gasteiger partial charge in [0.05, 0.1) is 5.60 Å². The lowest BCUT2D eigenvalue weighted by Gasteiger charge is -2.36. The highest BCUT2D eigenvalue weighted by Crippen LogP contribution is 2.37. The van der Waals surface area contributed by atoms with Gasteiger partial charge in [-0.05, 0) is 42.5 Å². The van der Waals surface area contributed by atoms with Gasteiger partial charge in [0, 0.05) is 10.9 Å². The van der Waals surface area contributed by atoms with Crippen molar-refractivity contribution in [2.75, 3.05) is 0 Å². The summed E-state index contributed by atoms with van der Waals surface area (Å²) < 4.78 is 14.6. The summed E-state index contributed by atoms with van der Waals surface area (Å²) in [5.74, 6) is 0.365. The van der Waals surface area contributed by atoms with E-state index in [0.29, 0.717) is 17.9 Å². The fourth-order valence-electron chi connectivity index (χ4n) is 3.00. The molecule has 3 heteroatoms. The smallest absolute Gasteiger partial charge is 0.126 e. The molecular formula is C15H20BrFO. The summed E-state index contributed by atoms with van der Waals surface area (Å²) in [4.78, 5) is 0. The van der Waals surface area contributed by atoms with E-state index in [9.17, 15) is 9.50 Å². The summed E-state index contributed by atoms with van der Waals surface area (Å²) in [5, 5.41) is 10.7. The fraction of sp³-hybridized carbons (Fsp3) is 0.600. The second-order valence-corrected chi connectivity index (χ2v) is 6.42. The maximum atomic E-state index is 13.7. The van der Waals surface area contributed by atoms with Gasteiger partial charge in [-0.3, -0.25) is 0 Å². The minimum absolute atomic E-state index is 0.217. The van der Waals surface area contributed by atoms with Crippen molar-refractivity contribution < 1.29 is 9.50 Å². The van der Waals surface area contributed by atoms with Crippen molar-refractivity contribution in [3.05, 3.63) is 34.1 Å². The molecule has 100 valence electrons. The van der Waals surface area contributed by atoms with Crippen LogP contribution in [0.4, 0.5) is 4.39 Å². The van der Waals surface area contributed by atoms with Crippen LogP contribution in [0.1, 0.15) is 44.6 Å². The summed E-state index contributed by atoms with van der Waals surface area (Å²) >= 11 is 3.36. The van der Waals surface area contributed by atoms with Gasteiger partial charge >= 0.3 is 0 Å². The molecule has 2 atom stereocenters. The van der Waals surface area contributed by atoms with Gasteiger partial charge in [-0.1, -0.05) is 42.1 Å².